The van der Waals surface area contributed by atoms with E-state index in [1.165, 1.54) is 0 Å². The summed E-state index contributed by atoms with van der Waals surface area (Å²) in [4.78, 5) is 11.6. The summed E-state index contributed by atoms with van der Waals surface area (Å²) in [6.07, 6.45) is 3.14. The normalized spacial score (nSPS) is 9.71. The molecule has 0 atom stereocenters. The largest absolute Gasteiger partial charge is 0.462 e. The Kier molecular flexibility index (Phi) is 5.07. The number of ether oxygens (including phenoxy) is 1. The van der Waals surface area contributed by atoms with E-state index in [0.717, 1.165) is 12.0 Å². The van der Waals surface area contributed by atoms with Gasteiger partial charge in [0.05, 0.1) is 18.0 Å². The van der Waals surface area contributed by atoms with Crippen LogP contribution in [0.15, 0.2) is 36.2 Å². The minimum absolute atomic E-state index is 0.297. The van der Waals surface area contributed by atoms with Gasteiger partial charge in [0.25, 0.3) is 0 Å². The molecule has 4 N–H and O–H groups in total. The highest BCUT2D eigenvalue weighted by Gasteiger charge is 2.05. The molecule has 1 aromatic rings. The molecule has 0 radical (unpaired) electrons. The molecule has 92 valence electrons. The number of nitrogens with two attached hydrogens (primary N) is 2. The second-order valence-electron chi connectivity index (χ2n) is 3.85. The van der Waals surface area contributed by atoms with Crippen molar-refractivity contribution in [2.45, 2.75) is 19.8 Å². The van der Waals surface area contributed by atoms with Crippen molar-refractivity contribution in [3.63, 3.8) is 0 Å². The number of carbonyl (C=O) groups excluding carboxylic acids is 1. The highest BCUT2D eigenvalue weighted by atomic mass is 16.5. The third-order valence-electron chi connectivity index (χ3n) is 2.25. The summed E-state index contributed by atoms with van der Waals surface area (Å²) in [5.74, 6) is 0.00422. The van der Waals surface area contributed by atoms with Gasteiger partial charge < -0.3 is 16.2 Å². The molecule has 0 aliphatic heterocycles. The van der Waals surface area contributed by atoms with Crippen molar-refractivity contribution in [2.75, 3.05) is 6.61 Å². The smallest absolute Gasteiger partial charge is 0.338 e. The Labute approximate surface area is 101 Å². The summed E-state index contributed by atoms with van der Waals surface area (Å²) in [7, 11) is 0. The quantitative estimate of drug-likeness (QED) is 0.600. The highest BCUT2D eigenvalue weighted by Crippen LogP contribution is 2.05. The van der Waals surface area contributed by atoms with E-state index >= 15 is 0 Å². The lowest BCUT2D eigenvalue weighted by atomic mass is 10.1. The summed E-state index contributed by atoms with van der Waals surface area (Å²) in [6.45, 7) is 2.34. The lowest BCUT2D eigenvalue weighted by molar-refractivity contribution is 0.0501. The van der Waals surface area contributed by atoms with E-state index in [-0.39, 0.29) is 5.97 Å². The van der Waals surface area contributed by atoms with Gasteiger partial charge in [0, 0.05) is 0 Å². The number of rotatable bonds is 5. The van der Waals surface area contributed by atoms with Gasteiger partial charge in [0.15, 0.2) is 0 Å². The van der Waals surface area contributed by atoms with Gasteiger partial charge in [-0.05, 0) is 38.0 Å². The van der Waals surface area contributed by atoms with Gasteiger partial charge in [-0.1, -0.05) is 17.7 Å². The molecule has 4 heteroatoms. The summed E-state index contributed by atoms with van der Waals surface area (Å²) in [6, 6.07) is 7.29. The van der Waals surface area contributed by atoms with Crippen LogP contribution in [0.5, 0.6) is 0 Å². The molecule has 0 amide bonds. The molecule has 17 heavy (non-hydrogen) atoms. The fourth-order valence-corrected chi connectivity index (χ4v) is 1.29. The molecule has 0 fully saturated rings. The van der Waals surface area contributed by atoms with Crippen LogP contribution in [0.25, 0.3) is 0 Å². The molecule has 0 aliphatic carbocycles. The van der Waals surface area contributed by atoms with Crippen LogP contribution in [-0.4, -0.2) is 12.6 Å². The third kappa shape index (κ3) is 5.06. The van der Waals surface area contributed by atoms with E-state index in [2.05, 4.69) is 0 Å². The first-order valence-electron chi connectivity index (χ1n) is 5.54. The molecule has 0 spiro atoms. The molecular weight excluding hydrogens is 216 g/mol. The maximum absolute atomic E-state index is 11.6. The highest BCUT2D eigenvalue weighted by molar-refractivity contribution is 5.89. The molecule has 1 aromatic carbocycles. The number of aryl methyl sites for hydroxylation is 1. The van der Waals surface area contributed by atoms with E-state index in [9.17, 15) is 4.79 Å². The van der Waals surface area contributed by atoms with E-state index in [0.29, 0.717) is 24.4 Å². The number of hydrogen-bond donors (Lipinski definition) is 2. The number of unbranched alkanes of at least 4 members (excludes halogenated alkanes) is 1. The summed E-state index contributed by atoms with van der Waals surface area (Å²) < 4.78 is 5.10. The van der Waals surface area contributed by atoms with Crippen LogP contribution in [-0.2, 0) is 4.74 Å². The fourth-order valence-electron chi connectivity index (χ4n) is 1.29. The average molecular weight is 234 g/mol. The van der Waals surface area contributed by atoms with Crippen LogP contribution < -0.4 is 11.5 Å². The van der Waals surface area contributed by atoms with Gasteiger partial charge in [-0.3, -0.25) is 0 Å². The molecule has 0 unspecified atom stereocenters. The summed E-state index contributed by atoms with van der Waals surface area (Å²) >= 11 is 0. The summed E-state index contributed by atoms with van der Waals surface area (Å²) in [5.41, 5.74) is 12.2. The molecule has 0 saturated heterocycles. The molecule has 4 nitrogen and oxygen atoms in total. The predicted octanol–water partition coefficient (Wildman–Crippen LogP) is 1.69. The number of allylic oxidation sites excluding steroid dienone is 1. The zero-order valence-corrected chi connectivity index (χ0v) is 9.98. The van der Waals surface area contributed by atoms with Crippen molar-refractivity contribution in [1.82, 2.24) is 0 Å². The Morgan fingerprint density at radius 3 is 2.53 bits per heavy atom. The average Bonchev–Trinajstić information content (AvgIpc) is 2.29. The van der Waals surface area contributed by atoms with Gasteiger partial charge in [-0.25, -0.2) is 4.79 Å². The Bertz CT molecular complexity index is 392. The van der Waals surface area contributed by atoms with Gasteiger partial charge in [0.1, 0.15) is 0 Å². The van der Waals surface area contributed by atoms with E-state index < -0.39 is 0 Å². The first-order chi connectivity index (χ1) is 8.09. The SMILES string of the molecule is Cc1ccc(C(=O)OCCCC=C(N)N)cc1. The molecular formula is C13H18N2O2. The minimum Gasteiger partial charge on any atom is -0.462 e. The Morgan fingerprint density at radius 2 is 1.94 bits per heavy atom. The van der Waals surface area contributed by atoms with E-state index in [1.807, 2.05) is 19.1 Å². The maximum Gasteiger partial charge on any atom is 0.338 e. The second kappa shape index (κ2) is 6.58. The topological polar surface area (TPSA) is 78.3 Å². The third-order valence-corrected chi connectivity index (χ3v) is 2.25. The van der Waals surface area contributed by atoms with Crippen molar-refractivity contribution in [1.29, 1.82) is 0 Å². The van der Waals surface area contributed by atoms with Gasteiger partial charge in [-0.2, -0.15) is 0 Å². The number of hydrogen-bond acceptors (Lipinski definition) is 4. The van der Waals surface area contributed by atoms with Crippen molar-refractivity contribution in [2.24, 2.45) is 11.5 Å². The van der Waals surface area contributed by atoms with Gasteiger partial charge in [-0.15, -0.1) is 0 Å². The van der Waals surface area contributed by atoms with Crippen LogP contribution in [0.3, 0.4) is 0 Å². The van der Waals surface area contributed by atoms with Gasteiger partial charge >= 0.3 is 5.97 Å². The van der Waals surface area contributed by atoms with Crippen molar-refractivity contribution in [3.8, 4) is 0 Å². The first kappa shape index (κ1) is 13.1. The molecule has 0 bridgehead atoms. The summed E-state index contributed by atoms with van der Waals surface area (Å²) in [5, 5.41) is 0. The zero-order chi connectivity index (χ0) is 12.7. The van der Waals surface area contributed by atoms with E-state index in [4.69, 9.17) is 16.2 Å². The molecule has 1 rings (SSSR count). The number of esters is 1. The minimum atomic E-state index is -0.297. The van der Waals surface area contributed by atoms with Crippen molar-refractivity contribution >= 4 is 5.97 Å². The lowest BCUT2D eigenvalue weighted by Crippen LogP contribution is -2.08. The number of benzene rings is 1. The predicted molar refractivity (Wildman–Crippen MR) is 67.2 cm³/mol. The monoisotopic (exact) mass is 234 g/mol. The fraction of sp³-hybridized carbons (Fsp3) is 0.308. The molecule has 0 saturated carbocycles. The van der Waals surface area contributed by atoms with E-state index in [1.54, 1.807) is 18.2 Å². The zero-order valence-electron chi connectivity index (χ0n) is 9.98. The first-order valence-corrected chi connectivity index (χ1v) is 5.54. The van der Waals surface area contributed by atoms with Crippen molar-refractivity contribution < 1.29 is 9.53 Å². The Hall–Kier alpha value is -1.97. The van der Waals surface area contributed by atoms with Crippen LogP contribution in [0, 0.1) is 6.92 Å². The van der Waals surface area contributed by atoms with Crippen LogP contribution in [0.2, 0.25) is 0 Å². The second-order valence-corrected chi connectivity index (χ2v) is 3.85. The van der Waals surface area contributed by atoms with Gasteiger partial charge in [0.2, 0.25) is 0 Å². The molecule has 0 heterocycles. The Morgan fingerprint density at radius 1 is 1.29 bits per heavy atom. The number of carbonyl (C=O) groups is 1. The molecule has 0 aromatic heterocycles. The van der Waals surface area contributed by atoms with Crippen LogP contribution >= 0.6 is 0 Å². The van der Waals surface area contributed by atoms with Crippen molar-refractivity contribution in [3.05, 3.63) is 47.3 Å². The molecule has 0 aliphatic rings. The lowest BCUT2D eigenvalue weighted by Gasteiger charge is -2.04. The maximum atomic E-state index is 11.6. The Balaban J connectivity index is 2.30. The van der Waals surface area contributed by atoms with Crippen LogP contribution in [0.1, 0.15) is 28.8 Å². The standard InChI is InChI=1S/C13H18N2O2/c1-10-5-7-11(8-6-10)13(16)17-9-3-2-4-12(14)15/h4-8H,2-3,9,14-15H2,1H3. The van der Waals surface area contributed by atoms with Crippen LogP contribution in [0.4, 0.5) is 0 Å².